The van der Waals surface area contributed by atoms with Gasteiger partial charge in [0.15, 0.2) is 0 Å². The highest BCUT2D eigenvalue weighted by atomic mass is 16.6. The van der Waals surface area contributed by atoms with Crippen molar-refractivity contribution in [3.8, 4) is 0 Å². The summed E-state index contributed by atoms with van der Waals surface area (Å²) in [5.74, 6) is 0.366. The zero-order valence-electron chi connectivity index (χ0n) is 10.4. The van der Waals surface area contributed by atoms with Crippen molar-refractivity contribution in [2.24, 2.45) is 11.3 Å². The summed E-state index contributed by atoms with van der Waals surface area (Å²) in [5.41, 5.74) is 0.317. The Morgan fingerprint density at radius 1 is 1.24 bits per heavy atom. The van der Waals surface area contributed by atoms with Crippen molar-refractivity contribution in [3.05, 3.63) is 11.8 Å². The van der Waals surface area contributed by atoms with E-state index in [1.165, 1.54) is 14.2 Å². The van der Waals surface area contributed by atoms with Crippen molar-refractivity contribution in [1.82, 2.24) is 0 Å². The van der Waals surface area contributed by atoms with Gasteiger partial charge >= 0.3 is 12.1 Å². The predicted molar refractivity (Wildman–Crippen MR) is 59.6 cm³/mol. The molecule has 0 radical (unpaired) electrons. The normalized spacial score (nSPS) is 20.7. The average molecular weight is 246 g/mol. The van der Waals surface area contributed by atoms with Crippen molar-refractivity contribution in [1.29, 1.82) is 0 Å². The van der Waals surface area contributed by atoms with Crippen molar-refractivity contribution < 1.29 is 29.3 Å². The van der Waals surface area contributed by atoms with Gasteiger partial charge in [-0.2, -0.15) is 0 Å². The van der Waals surface area contributed by atoms with Crippen LogP contribution < -0.4 is 0 Å². The molecule has 0 bridgehead atoms. The lowest BCUT2D eigenvalue weighted by Crippen LogP contribution is -2.07. The molecule has 0 aliphatic heterocycles. The van der Waals surface area contributed by atoms with Gasteiger partial charge in [0.05, 0.1) is 14.2 Å². The second kappa shape index (κ2) is 6.12. The summed E-state index contributed by atoms with van der Waals surface area (Å²) in [4.78, 5) is 19.7. The summed E-state index contributed by atoms with van der Waals surface area (Å²) in [6, 6.07) is 0. The molecule has 0 spiro atoms. The SMILES string of the molecule is COC(=O)/C(=C\C1CC1(C)C)OC.O=C(O)O. The topological polar surface area (TPSA) is 93.1 Å². The number of allylic oxidation sites excluding steroid dienone is 1. The summed E-state index contributed by atoms with van der Waals surface area (Å²) in [6.07, 6.45) is 1.13. The van der Waals surface area contributed by atoms with E-state index in [1.807, 2.05) is 6.08 Å². The fraction of sp³-hybridized carbons (Fsp3) is 0.636. The Balaban J connectivity index is 0.000000557. The van der Waals surface area contributed by atoms with E-state index in [0.717, 1.165) is 6.42 Å². The Morgan fingerprint density at radius 3 is 1.88 bits per heavy atom. The van der Waals surface area contributed by atoms with Crippen molar-refractivity contribution in [2.75, 3.05) is 14.2 Å². The molecule has 0 aromatic heterocycles. The third-order valence-corrected chi connectivity index (χ3v) is 2.55. The van der Waals surface area contributed by atoms with E-state index in [1.54, 1.807) is 0 Å². The number of carbonyl (C=O) groups is 2. The van der Waals surface area contributed by atoms with Crippen LogP contribution in [0.4, 0.5) is 4.79 Å². The number of hydrogen-bond acceptors (Lipinski definition) is 4. The molecule has 6 nitrogen and oxygen atoms in total. The molecule has 1 fully saturated rings. The molecular formula is C11H18O6. The van der Waals surface area contributed by atoms with Gasteiger partial charge in [-0.1, -0.05) is 13.8 Å². The molecule has 0 heterocycles. The lowest BCUT2D eigenvalue weighted by Gasteiger charge is -2.04. The molecule has 1 atom stereocenters. The summed E-state index contributed by atoms with van der Waals surface area (Å²) in [5, 5.41) is 13.9. The number of carboxylic acid groups (broad SMARTS) is 2. The van der Waals surface area contributed by atoms with Crippen LogP contribution in [0.2, 0.25) is 0 Å². The van der Waals surface area contributed by atoms with Gasteiger partial charge in [-0.15, -0.1) is 0 Å². The molecule has 1 aliphatic carbocycles. The van der Waals surface area contributed by atoms with Gasteiger partial charge in [0.25, 0.3) is 0 Å². The Kier molecular flexibility index (Phi) is 5.50. The van der Waals surface area contributed by atoms with Gasteiger partial charge in [0.2, 0.25) is 5.76 Å². The number of methoxy groups -OCH3 is 2. The predicted octanol–water partition coefficient (Wildman–Crippen LogP) is 1.96. The monoisotopic (exact) mass is 246 g/mol. The molecule has 0 aromatic carbocycles. The largest absolute Gasteiger partial charge is 0.503 e. The van der Waals surface area contributed by atoms with Crippen LogP contribution in [0.1, 0.15) is 20.3 Å². The summed E-state index contributed by atoms with van der Waals surface area (Å²) >= 11 is 0. The Morgan fingerprint density at radius 2 is 1.65 bits per heavy atom. The minimum Gasteiger partial charge on any atom is -0.490 e. The summed E-state index contributed by atoms with van der Waals surface area (Å²) < 4.78 is 9.50. The molecular weight excluding hydrogens is 228 g/mol. The van der Waals surface area contributed by atoms with E-state index in [2.05, 4.69) is 18.6 Å². The van der Waals surface area contributed by atoms with Crippen LogP contribution in [0.15, 0.2) is 11.8 Å². The molecule has 1 rings (SSSR count). The molecule has 2 N–H and O–H groups in total. The van der Waals surface area contributed by atoms with Gasteiger partial charge in [0.1, 0.15) is 0 Å². The van der Waals surface area contributed by atoms with Crippen LogP contribution in [0.3, 0.4) is 0 Å². The molecule has 0 amide bonds. The molecule has 6 heteroatoms. The third-order valence-electron chi connectivity index (χ3n) is 2.55. The minimum atomic E-state index is -1.83. The minimum absolute atomic E-state index is 0.317. The highest BCUT2D eigenvalue weighted by Gasteiger charge is 2.44. The van der Waals surface area contributed by atoms with Crippen molar-refractivity contribution in [2.45, 2.75) is 20.3 Å². The summed E-state index contributed by atoms with van der Waals surface area (Å²) in [6.45, 7) is 4.33. The molecule has 1 unspecified atom stereocenters. The van der Waals surface area contributed by atoms with E-state index in [0.29, 0.717) is 17.1 Å². The summed E-state index contributed by atoms with van der Waals surface area (Å²) in [7, 11) is 2.84. The van der Waals surface area contributed by atoms with Crippen molar-refractivity contribution >= 4 is 12.1 Å². The first-order valence-electron chi connectivity index (χ1n) is 5.00. The van der Waals surface area contributed by atoms with Gasteiger partial charge in [-0.05, 0) is 23.8 Å². The maximum atomic E-state index is 11.1. The average Bonchev–Trinajstić information content (AvgIpc) is 2.80. The number of rotatable bonds is 3. The zero-order valence-corrected chi connectivity index (χ0v) is 10.4. The molecule has 1 aliphatic rings. The van der Waals surface area contributed by atoms with E-state index in [4.69, 9.17) is 19.7 Å². The number of carbonyl (C=O) groups excluding carboxylic acids is 1. The third kappa shape index (κ3) is 5.79. The maximum absolute atomic E-state index is 11.1. The first-order chi connectivity index (χ1) is 7.74. The number of esters is 1. The lowest BCUT2D eigenvalue weighted by atomic mass is 10.1. The second-order valence-electron chi connectivity index (χ2n) is 4.31. The van der Waals surface area contributed by atoms with Gasteiger partial charge in [0, 0.05) is 0 Å². The molecule has 1 saturated carbocycles. The zero-order chi connectivity index (χ0) is 13.6. The lowest BCUT2D eigenvalue weighted by molar-refractivity contribution is -0.139. The van der Waals surface area contributed by atoms with Gasteiger partial charge in [-0.25, -0.2) is 9.59 Å². The van der Waals surface area contributed by atoms with E-state index < -0.39 is 12.1 Å². The quantitative estimate of drug-likeness (QED) is 0.449. The van der Waals surface area contributed by atoms with E-state index in [-0.39, 0.29) is 0 Å². The molecule has 17 heavy (non-hydrogen) atoms. The van der Waals surface area contributed by atoms with E-state index >= 15 is 0 Å². The van der Waals surface area contributed by atoms with Crippen LogP contribution in [0.25, 0.3) is 0 Å². The van der Waals surface area contributed by atoms with Crippen LogP contribution in [-0.2, 0) is 14.3 Å². The van der Waals surface area contributed by atoms with Crippen LogP contribution in [0, 0.1) is 11.3 Å². The fourth-order valence-corrected chi connectivity index (χ4v) is 1.30. The fourth-order valence-electron chi connectivity index (χ4n) is 1.30. The van der Waals surface area contributed by atoms with Crippen LogP contribution in [-0.4, -0.2) is 36.6 Å². The maximum Gasteiger partial charge on any atom is 0.503 e. The van der Waals surface area contributed by atoms with E-state index in [9.17, 15) is 4.79 Å². The molecule has 0 aromatic rings. The Bertz CT molecular complexity index is 314. The highest BCUT2D eigenvalue weighted by Crippen LogP contribution is 2.52. The van der Waals surface area contributed by atoms with Crippen LogP contribution in [0.5, 0.6) is 0 Å². The Labute approximate surface area is 99.8 Å². The Hall–Kier alpha value is -1.72. The van der Waals surface area contributed by atoms with Crippen LogP contribution >= 0.6 is 0 Å². The van der Waals surface area contributed by atoms with Gasteiger partial charge < -0.3 is 19.7 Å². The molecule has 98 valence electrons. The first kappa shape index (κ1) is 15.3. The molecule has 0 saturated heterocycles. The highest BCUT2D eigenvalue weighted by molar-refractivity contribution is 5.86. The number of hydrogen-bond donors (Lipinski definition) is 2. The second-order valence-corrected chi connectivity index (χ2v) is 4.31. The van der Waals surface area contributed by atoms with Gasteiger partial charge in [-0.3, -0.25) is 0 Å². The van der Waals surface area contributed by atoms with Crippen molar-refractivity contribution in [3.63, 3.8) is 0 Å². The first-order valence-corrected chi connectivity index (χ1v) is 5.00. The smallest absolute Gasteiger partial charge is 0.490 e. The standard InChI is InChI=1S/C10H16O3.CH2O3/c1-10(2)6-7(10)5-8(12-3)9(11)13-4;2-1(3)4/h5,7H,6H2,1-4H3;(H2,2,3,4)/b8-5+;. The number of ether oxygens (including phenoxy) is 2.